The zero-order valence-corrected chi connectivity index (χ0v) is 11.2. The maximum Gasteiger partial charge on any atom is 0.256 e. The Morgan fingerprint density at radius 1 is 1.40 bits per heavy atom. The number of amides is 1. The lowest BCUT2D eigenvalue weighted by atomic mass is 10.1. The number of aromatic nitrogens is 5. The molecule has 2 aromatic heterocycles. The fraction of sp³-hybridized carbons (Fsp3) is 0.364. The largest absolute Gasteiger partial charge is 0.354 e. The van der Waals surface area contributed by atoms with Gasteiger partial charge in [0, 0.05) is 31.4 Å². The van der Waals surface area contributed by atoms with Gasteiger partial charge in [-0.15, -0.1) is 0 Å². The Balaban J connectivity index is 1.78. The van der Waals surface area contributed by atoms with Crippen molar-refractivity contribution in [2.75, 3.05) is 11.9 Å². The van der Waals surface area contributed by atoms with E-state index in [2.05, 4.69) is 30.7 Å². The van der Waals surface area contributed by atoms with Gasteiger partial charge in [0.2, 0.25) is 17.1 Å². The van der Waals surface area contributed by atoms with Crippen LogP contribution in [0.4, 0.5) is 5.95 Å². The Morgan fingerprint density at radius 3 is 3.00 bits per heavy atom. The van der Waals surface area contributed by atoms with Gasteiger partial charge in [0.25, 0.3) is 5.95 Å². The number of hydrogen-bond donors (Lipinski definition) is 2. The second-order valence-electron chi connectivity index (χ2n) is 4.36. The molecule has 3 rings (SSSR count). The van der Waals surface area contributed by atoms with Crippen molar-refractivity contribution in [3.8, 4) is 5.95 Å². The van der Waals surface area contributed by atoms with Gasteiger partial charge in [-0.3, -0.25) is 4.79 Å². The first-order valence-corrected chi connectivity index (χ1v) is 6.53. The Kier molecular flexibility index (Phi) is 3.46. The Labute approximate surface area is 119 Å². The van der Waals surface area contributed by atoms with Crippen molar-refractivity contribution in [1.82, 2.24) is 30.0 Å². The van der Waals surface area contributed by atoms with E-state index in [1.54, 1.807) is 18.5 Å². The van der Waals surface area contributed by atoms with Crippen molar-refractivity contribution >= 4 is 23.5 Å². The van der Waals surface area contributed by atoms with E-state index in [0.717, 1.165) is 6.42 Å². The zero-order valence-electron chi connectivity index (χ0n) is 10.5. The van der Waals surface area contributed by atoms with E-state index in [1.807, 2.05) is 0 Å². The summed E-state index contributed by atoms with van der Waals surface area (Å²) >= 11 is 5.89. The molecule has 0 spiro atoms. The molecule has 1 fully saturated rings. The summed E-state index contributed by atoms with van der Waals surface area (Å²) in [6.07, 6.45) is 4.56. The third-order valence-corrected chi connectivity index (χ3v) is 3.07. The van der Waals surface area contributed by atoms with Crippen molar-refractivity contribution in [3.05, 3.63) is 23.7 Å². The predicted molar refractivity (Wildman–Crippen MR) is 71.6 cm³/mol. The summed E-state index contributed by atoms with van der Waals surface area (Å²) in [6, 6.07) is 1.85. The molecule has 0 aromatic carbocycles. The molecule has 8 nitrogen and oxygen atoms in total. The summed E-state index contributed by atoms with van der Waals surface area (Å²) in [7, 11) is 0. The Bertz CT molecular complexity index is 605. The van der Waals surface area contributed by atoms with E-state index >= 15 is 0 Å². The van der Waals surface area contributed by atoms with Crippen LogP contribution in [0.15, 0.2) is 18.5 Å². The van der Waals surface area contributed by atoms with Gasteiger partial charge in [-0.25, -0.2) is 4.68 Å². The summed E-state index contributed by atoms with van der Waals surface area (Å²) in [5.41, 5.74) is 0. The highest BCUT2D eigenvalue weighted by atomic mass is 35.5. The summed E-state index contributed by atoms with van der Waals surface area (Å²) in [5.74, 6) is 0.781. The van der Waals surface area contributed by atoms with Crippen LogP contribution in [0.3, 0.4) is 0 Å². The summed E-state index contributed by atoms with van der Waals surface area (Å²) in [6.45, 7) is 0.541. The van der Waals surface area contributed by atoms with Crippen LogP contribution < -0.4 is 10.6 Å². The smallest absolute Gasteiger partial charge is 0.256 e. The van der Waals surface area contributed by atoms with Gasteiger partial charge in [-0.1, -0.05) is 0 Å². The molecule has 0 aliphatic carbocycles. The standard InChI is InChI=1S/C11H12ClN7O/c12-9-16-10(15-7-2-3-8(20)13-6-7)18-11(17-9)19-5-1-4-14-19/h1,4-5,7H,2-3,6H2,(H,13,20)(H,15,16,17,18). The van der Waals surface area contributed by atoms with Crippen LogP contribution >= 0.6 is 11.6 Å². The second kappa shape index (κ2) is 5.41. The van der Waals surface area contributed by atoms with E-state index in [9.17, 15) is 4.79 Å². The highest BCUT2D eigenvalue weighted by Crippen LogP contribution is 2.12. The minimum Gasteiger partial charge on any atom is -0.354 e. The lowest BCUT2D eigenvalue weighted by molar-refractivity contribution is -0.122. The van der Waals surface area contributed by atoms with Crippen LogP contribution in [0.2, 0.25) is 5.28 Å². The molecule has 104 valence electrons. The second-order valence-corrected chi connectivity index (χ2v) is 4.70. The van der Waals surface area contributed by atoms with E-state index < -0.39 is 0 Å². The number of carbonyl (C=O) groups is 1. The van der Waals surface area contributed by atoms with Crippen LogP contribution in [-0.4, -0.2) is 43.2 Å². The number of nitrogens with one attached hydrogen (secondary N) is 2. The number of anilines is 1. The van der Waals surface area contributed by atoms with Crippen molar-refractivity contribution in [1.29, 1.82) is 0 Å². The molecule has 1 atom stereocenters. The number of halogens is 1. The quantitative estimate of drug-likeness (QED) is 0.850. The molecule has 2 N–H and O–H groups in total. The molecular weight excluding hydrogens is 282 g/mol. The van der Waals surface area contributed by atoms with Gasteiger partial charge in [0.05, 0.1) is 0 Å². The van der Waals surface area contributed by atoms with Crippen molar-refractivity contribution in [2.45, 2.75) is 18.9 Å². The number of hydrogen-bond acceptors (Lipinski definition) is 6. The average molecular weight is 294 g/mol. The van der Waals surface area contributed by atoms with Gasteiger partial charge in [0.1, 0.15) is 0 Å². The summed E-state index contributed by atoms with van der Waals surface area (Å²) < 4.78 is 1.50. The monoisotopic (exact) mass is 293 g/mol. The number of nitrogens with zero attached hydrogens (tertiary/aromatic N) is 5. The van der Waals surface area contributed by atoms with Gasteiger partial charge in [-0.2, -0.15) is 20.1 Å². The van der Waals surface area contributed by atoms with Gasteiger partial charge < -0.3 is 10.6 Å². The number of carbonyl (C=O) groups excluding carboxylic acids is 1. The van der Waals surface area contributed by atoms with Crippen molar-refractivity contribution in [2.24, 2.45) is 0 Å². The van der Waals surface area contributed by atoms with Crippen LogP contribution in [0.25, 0.3) is 5.95 Å². The highest BCUT2D eigenvalue weighted by molar-refractivity contribution is 6.28. The molecule has 1 unspecified atom stereocenters. The molecule has 1 aliphatic heterocycles. The fourth-order valence-electron chi connectivity index (χ4n) is 1.93. The van der Waals surface area contributed by atoms with E-state index in [1.165, 1.54) is 4.68 Å². The Hall–Kier alpha value is -2.22. The molecule has 1 amide bonds. The normalized spacial score (nSPS) is 18.6. The van der Waals surface area contributed by atoms with Gasteiger partial charge in [0.15, 0.2) is 0 Å². The summed E-state index contributed by atoms with van der Waals surface area (Å²) in [4.78, 5) is 23.4. The topological polar surface area (TPSA) is 97.6 Å². The lowest BCUT2D eigenvalue weighted by Gasteiger charge is -2.23. The maximum absolute atomic E-state index is 11.1. The molecule has 2 aromatic rings. The minimum absolute atomic E-state index is 0.0639. The fourth-order valence-corrected chi connectivity index (χ4v) is 2.09. The summed E-state index contributed by atoms with van der Waals surface area (Å²) in [5, 5.41) is 10.1. The molecule has 20 heavy (non-hydrogen) atoms. The van der Waals surface area contributed by atoms with Crippen LogP contribution in [-0.2, 0) is 4.79 Å². The molecule has 1 aliphatic rings. The van der Waals surface area contributed by atoms with E-state index in [4.69, 9.17) is 11.6 Å². The van der Waals surface area contributed by atoms with Gasteiger partial charge in [-0.05, 0) is 24.1 Å². The average Bonchev–Trinajstić information content (AvgIpc) is 2.95. The molecule has 0 radical (unpaired) electrons. The SMILES string of the molecule is O=C1CCC(Nc2nc(Cl)nc(-n3cccn3)n2)CN1. The highest BCUT2D eigenvalue weighted by Gasteiger charge is 2.19. The molecule has 3 heterocycles. The van der Waals surface area contributed by atoms with E-state index in [-0.39, 0.29) is 17.2 Å². The molecular formula is C11H12ClN7O. The molecule has 1 saturated heterocycles. The molecule has 0 bridgehead atoms. The first kappa shape index (κ1) is 12.8. The lowest BCUT2D eigenvalue weighted by Crippen LogP contribution is -2.42. The van der Waals surface area contributed by atoms with Crippen molar-refractivity contribution in [3.63, 3.8) is 0 Å². The number of piperidine rings is 1. The zero-order chi connectivity index (χ0) is 13.9. The van der Waals surface area contributed by atoms with Crippen LogP contribution in [0.5, 0.6) is 0 Å². The minimum atomic E-state index is 0.0639. The van der Waals surface area contributed by atoms with Crippen LogP contribution in [0.1, 0.15) is 12.8 Å². The maximum atomic E-state index is 11.1. The van der Waals surface area contributed by atoms with Gasteiger partial charge >= 0.3 is 0 Å². The van der Waals surface area contributed by atoms with E-state index in [0.29, 0.717) is 24.9 Å². The molecule has 9 heteroatoms. The van der Waals surface area contributed by atoms with Crippen LogP contribution in [0, 0.1) is 0 Å². The number of rotatable bonds is 3. The third-order valence-electron chi connectivity index (χ3n) is 2.90. The first-order valence-electron chi connectivity index (χ1n) is 6.15. The Morgan fingerprint density at radius 2 is 2.30 bits per heavy atom. The van der Waals surface area contributed by atoms with Crippen molar-refractivity contribution < 1.29 is 4.79 Å². The predicted octanol–water partition coefficient (Wildman–Crippen LogP) is 0.401. The third kappa shape index (κ3) is 2.85. The molecule has 0 saturated carbocycles. The first-order chi connectivity index (χ1) is 9.70.